The highest BCUT2D eigenvalue weighted by molar-refractivity contribution is 7.16. The molecule has 0 saturated heterocycles. The number of hydrogen-bond acceptors (Lipinski definition) is 5. The zero-order chi connectivity index (χ0) is 14.1. The molecule has 0 aliphatic heterocycles. The minimum Gasteiger partial charge on any atom is -0.357 e. The molecule has 102 valence electrons. The van der Waals surface area contributed by atoms with Crippen LogP contribution in [-0.4, -0.2) is 17.0 Å². The van der Waals surface area contributed by atoms with E-state index in [1.54, 1.807) is 13.1 Å². The monoisotopic (exact) mass is 308 g/mol. The molecule has 1 aromatic carbocycles. The average Bonchev–Trinajstić information content (AvgIpc) is 2.85. The predicted molar refractivity (Wildman–Crippen MR) is 81.7 cm³/mol. The van der Waals surface area contributed by atoms with E-state index in [1.807, 2.05) is 11.4 Å². The number of hydrogen-bond donors (Lipinski definition) is 2. The van der Waals surface area contributed by atoms with Crippen molar-refractivity contribution in [2.45, 2.75) is 0 Å². The molecular weight excluding hydrogens is 299 g/mol. The van der Waals surface area contributed by atoms with Crippen molar-refractivity contribution in [1.29, 1.82) is 0 Å². The van der Waals surface area contributed by atoms with Gasteiger partial charge in [-0.3, -0.25) is 0 Å². The van der Waals surface area contributed by atoms with Gasteiger partial charge < -0.3 is 10.6 Å². The first-order valence-corrected chi connectivity index (χ1v) is 7.07. The van der Waals surface area contributed by atoms with Gasteiger partial charge in [-0.1, -0.05) is 11.6 Å². The van der Waals surface area contributed by atoms with Crippen LogP contribution in [0.2, 0.25) is 5.02 Å². The van der Waals surface area contributed by atoms with Gasteiger partial charge in [0.25, 0.3) is 0 Å². The molecule has 0 saturated carbocycles. The minimum absolute atomic E-state index is 0.331. The van der Waals surface area contributed by atoms with Crippen LogP contribution in [-0.2, 0) is 0 Å². The van der Waals surface area contributed by atoms with Crippen molar-refractivity contribution in [1.82, 2.24) is 9.97 Å². The Morgan fingerprint density at radius 1 is 1.25 bits per heavy atom. The Labute approximate surface area is 123 Å². The van der Waals surface area contributed by atoms with Gasteiger partial charge in [-0.25, -0.2) is 9.37 Å². The van der Waals surface area contributed by atoms with E-state index in [4.69, 9.17) is 11.6 Å². The second-order valence-corrected chi connectivity index (χ2v) is 5.40. The SMILES string of the molecule is CNc1nc(Nc2cc(F)cc(Cl)c2)c2ccsc2n1. The maximum Gasteiger partial charge on any atom is 0.225 e. The standard InChI is InChI=1S/C13H10ClFN4S/c1-16-13-18-11(10-2-3-20-12(10)19-13)17-9-5-7(14)4-8(15)6-9/h2-6H,1H3,(H2,16,17,18,19). The van der Waals surface area contributed by atoms with Crippen LogP contribution < -0.4 is 10.6 Å². The number of halogens is 2. The van der Waals surface area contributed by atoms with Crippen molar-refractivity contribution in [3.05, 3.63) is 40.5 Å². The lowest BCUT2D eigenvalue weighted by molar-refractivity contribution is 0.628. The van der Waals surface area contributed by atoms with Gasteiger partial charge in [-0.05, 0) is 29.6 Å². The molecule has 0 bridgehead atoms. The number of anilines is 3. The summed E-state index contributed by atoms with van der Waals surface area (Å²) < 4.78 is 13.4. The normalized spacial score (nSPS) is 10.8. The quantitative estimate of drug-likeness (QED) is 0.758. The first-order chi connectivity index (χ1) is 9.65. The number of thiophene rings is 1. The van der Waals surface area contributed by atoms with Crippen molar-refractivity contribution in [3.63, 3.8) is 0 Å². The zero-order valence-electron chi connectivity index (χ0n) is 10.4. The Bertz CT molecular complexity index is 754. The summed E-state index contributed by atoms with van der Waals surface area (Å²) >= 11 is 7.37. The Morgan fingerprint density at radius 3 is 2.85 bits per heavy atom. The van der Waals surface area contributed by atoms with Crippen LogP contribution in [0.15, 0.2) is 29.6 Å². The Morgan fingerprint density at radius 2 is 2.10 bits per heavy atom. The molecule has 0 amide bonds. The molecule has 2 aromatic heterocycles. The molecule has 7 heteroatoms. The maximum absolute atomic E-state index is 13.4. The summed E-state index contributed by atoms with van der Waals surface area (Å²) in [6.45, 7) is 0. The largest absolute Gasteiger partial charge is 0.357 e. The molecule has 4 nitrogen and oxygen atoms in total. The van der Waals surface area contributed by atoms with Gasteiger partial charge in [0, 0.05) is 17.8 Å². The number of rotatable bonds is 3. The van der Waals surface area contributed by atoms with Crippen LogP contribution in [0.25, 0.3) is 10.2 Å². The van der Waals surface area contributed by atoms with Gasteiger partial charge in [-0.15, -0.1) is 11.3 Å². The van der Waals surface area contributed by atoms with Crippen molar-refractivity contribution in [2.24, 2.45) is 0 Å². The number of nitrogens with zero attached hydrogens (tertiary/aromatic N) is 2. The van der Waals surface area contributed by atoms with Crippen LogP contribution in [0.1, 0.15) is 0 Å². The lowest BCUT2D eigenvalue weighted by atomic mass is 10.3. The van der Waals surface area contributed by atoms with E-state index < -0.39 is 5.82 Å². The molecule has 2 heterocycles. The Kier molecular flexibility index (Phi) is 3.42. The fourth-order valence-corrected chi connectivity index (χ4v) is 2.81. The third-order valence-electron chi connectivity index (χ3n) is 2.67. The summed E-state index contributed by atoms with van der Waals surface area (Å²) in [5.41, 5.74) is 0.545. The summed E-state index contributed by atoms with van der Waals surface area (Å²) in [5, 5.41) is 9.13. The van der Waals surface area contributed by atoms with Gasteiger partial charge in [0.15, 0.2) is 0 Å². The summed E-state index contributed by atoms with van der Waals surface area (Å²) in [6, 6.07) is 6.18. The van der Waals surface area contributed by atoms with Crippen molar-refractivity contribution < 1.29 is 4.39 Å². The van der Waals surface area contributed by atoms with E-state index in [2.05, 4.69) is 20.6 Å². The molecule has 0 radical (unpaired) electrons. The highest BCUT2D eigenvalue weighted by Gasteiger charge is 2.09. The van der Waals surface area contributed by atoms with E-state index in [0.717, 1.165) is 10.2 Å². The molecule has 0 fully saturated rings. The molecule has 0 spiro atoms. The van der Waals surface area contributed by atoms with Gasteiger partial charge in [0.2, 0.25) is 5.95 Å². The van der Waals surface area contributed by atoms with E-state index in [0.29, 0.717) is 22.5 Å². The fourth-order valence-electron chi connectivity index (χ4n) is 1.83. The first kappa shape index (κ1) is 13.1. The third kappa shape index (κ3) is 2.52. The number of nitrogens with one attached hydrogen (secondary N) is 2. The van der Waals surface area contributed by atoms with Crippen molar-refractivity contribution in [2.75, 3.05) is 17.7 Å². The zero-order valence-corrected chi connectivity index (χ0v) is 12.0. The highest BCUT2D eigenvalue weighted by Crippen LogP contribution is 2.29. The number of fused-ring (bicyclic) bond motifs is 1. The van der Waals surface area contributed by atoms with E-state index in [9.17, 15) is 4.39 Å². The van der Waals surface area contributed by atoms with Gasteiger partial charge in [0.05, 0.1) is 5.39 Å². The molecular formula is C13H10ClFN4S. The van der Waals surface area contributed by atoms with E-state index in [1.165, 1.54) is 23.5 Å². The van der Waals surface area contributed by atoms with Crippen molar-refractivity contribution >= 4 is 50.6 Å². The molecule has 3 rings (SSSR count). The lowest BCUT2D eigenvalue weighted by Gasteiger charge is -2.09. The number of benzene rings is 1. The Balaban J connectivity index is 2.07. The average molecular weight is 309 g/mol. The smallest absolute Gasteiger partial charge is 0.225 e. The fraction of sp³-hybridized carbons (Fsp3) is 0.0769. The number of aromatic nitrogens is 2. The summed E-state index contributed by atoms with van der Waals surface area (Å²) in [6.07, 6.45) is 0. The molecule has 2 N–H and O–H groups in total. The minimum atomic E-state index is -0.399. The molecule has 20 heavy (non-hydrogen) atoms. The van der Waals surface area contributed by atoms with Crippen LogP contribution in [0.4, 0.5) is 21.8 Å². The van der Waals surface area contributed by atoms with E-state index in [-0.39, 0.29) is 0 Å². The first-order valence-electron chi connectivity index (χ1n) is 5.82. The van der Waals surface area contributed by atoms with Crippen LogP contribution in [0.3, 0.4) is 0 Å². The van der Waals surface area contributed by atoms with Gasteiger partial charge >= 0.3 is 0 Å². The van der Waals surface area contributed by atoms with Crippen LogP contribution in [0, 0.1) is 5.82 Å². The Hall–Kier alpha value is -1.92. The van der Waals surface area contributed by atoms with Crippen molar-refractivity contribution in [3.8, 4) is 0 Å². The van der Waals surface area contributed by atoms with Gasteiger partial charge in [-0.2, -0.15) is 4.98 Å². The molecule has 0 aliphatic rings. The summed E-state index contributed by atoms with van der Waals surface area (Å²) in [4.78, 5) is 9.56. The van der Waals surface area contributed by atoms with Crippen LogP contribution >= 0.6 is 22.9 Å². The highest BCUT2D eigenvalue weighted by atomic mass is 35.5. The van der Waals surface area contributed by atoms with Crippen LogP contribution in [0.5, 0.6) is 0 Å². The molecule has 3 aromatic rings. The predicted octanol–water partition coefficient (Wildman–Crippen LogP) is 4.27. The third-order valence-corrected chi connectivity index (χ3v) is 3.70. The molecule has 0 aliphatic carbocycles. The molecule has 0 atom stereocenters. The summed E-state index contributed by atoms with van der Waals surface area (Å²) in [7, 11) is 1.75. The summed E-state index contributed by atoms with van der Waals surface area (Å²) in [5.74, 6) is 0.719. The van der Waals surface area contributed by atoms with Gasteiger partial charge in [0.1, 0.15) is 16.5 Å². The second-order valence-electron chi connectivity index (χ2n) is 4.07. The topological polar surface area (TPSA) is 49.8 Å². The second kappa shape index (κ2) is 5.22. The lowest BCUT2D eigenvalue weighted by Crippen LogP contribution is -2.01. The maximum atomic E-state index is 13.4. The molecule has 0 unspecified atom stereocenters. The van der Waals surface area contributed by atoms with E-state index >= 15 is 0 Å².